The standard InChI is InChI=1S/C17H13N5O/c18-16-15-10-21-22(17(15)20-11-19-16)12-5-4-8-14(9-12)23-13-6-2-1-3-7-13/h1-11H,(H2,18,19,20). The molecule has 2 aromatic heterocycles. The van der Waals surface area contributed by atoms with E-state index in [0.29, 0.717) is 11.5 Å². The van der Waals surface area contributed by atoms with Crippen molar-refractivity contribution in [3.05, 3.63) is 67.1 Å². The molecule has 0 bridgehead atoms. The van der Waals surface area contributed by atoms with Gasteiger partial charge in [-0.3, -0.25) is 0 Å². The number of benzene rings is 2. The summed E-state index contributed by atoms with van der Waals surface area (Å²) in [6.07, 6.45) is 3.09. The highest BCUT2D eigenvalue weighted by Crippen LogP contribution is 2.25. The first kappa shape index (κ1) is 13.3. The summed E-state index contributed by atoms with van der Waals surface area (Å²) in [5, 5.41) is 5.08. The zero-order chi connectivity index (χ0) is 15.6. The van der Waals surface area contributed by atoms with E-state index in [-0.39, 0.29) is 0 Å². The van der Waals surface area contributed by atoms with Crippen LogP contribution in [0.4, 0.5) is 5.82 Å². The summed E-state index contributed by atoms with van der Waals surface area (Å²) in [4.78, 5) is 8.24. The highest BCUT2D eigenvalue weighted by molar-refractivity contribution is 5.85. The molecule has 112 valence electrons. The van der Waals surface area contributed by atoms with Gasteiger partial charge in [-0.1, -0.05) is 24.3 Å². The number of para-hydroxylation sites is 1. The van der Waals surface area contributed by atoms with Crippen molar-refractivity contribution in [2.24, 2.45) is 0 Å². The fourth-order valence-corrected chi connectivity index (χ4v) is 2.35. The van der Waals surface area contributed by atoms with Crippen LogP contribution < -0.4 is 10.5 Å². The third-order valence-electron chi connectivity index (χ3n) is 3.44. The van der Waals surface area contributed by atoms with Crippen LogP contribution in [0.1, 0.15) is 0 Å². The Hall–Kier alpha value is -3.41. The maximum atomic E-state index is 5.85. The summed E-state index contributed by atoms with van der Waals surface area (Å²) < 4.78 is 7.57. The number of nitrogens with zero attached hydrogens (tertiary/aromatic N) is 4. The largest absolute Gasteiger partial charge is 0.457 e. The number of fused-ring (bicyclic) bond motifs is 1. The number of nitrogens with two attached hydrogens (primary N) is 1. The van der Waals surface area contributed by atoms with Crippen molar-refractivity contribution in [3.8, 4) is 17.2 Å². The van der Waals surface area contributed by atoms with Gasteiger partial charge in [0.05, 0.1) is 17.3 Å². The van der Waals surface area contributed by atoms with Gasteiger partial charge in [0.25, 0.3) is 0 Å². The van der Waals surface area contributed by atoms with Crippen molar-refractivity contribution in [1.82, 2.24) is 19.7 Å². The molecule has 0 amide bonds. The average Bonchev–Trinajstić information content (AvgIpc) is 3.02. The summed E-state index contributed by atoms with van der Waals surface area (Å²) in [6, 6.07) is 17.3. The summed E-state index contributed by atoms with van der Waals surface area (Å²) in [7, 11) is 0. The highest BCUT2D eigenvalue weighted by atomic mass is 16.5. The molecule has 6 nitrogen and oxygen atoms in total. The molecule has 0 saturated heterocycles. The van der Waals surface area contributed by atoms with Gasteiger partial charge in [0.15, 0.2) is 5.65 Å². The number of nitrogen functional groups attached to an aromatic ring is 1. The maximum Gasteiger partial charge on any atom is 0.168 e. The predicted octanol–water partition coefficient (Wildman–Crippen LogP) is 3.19. The molecule has 2 aromatic carbocycles. The van der Waals surface area contributed by atoms with Crippen LogP contribution in [0.5, 0.6) is 11.5 Å². The predicted molar refractivity (Wildman–Crippen MR) is 87.6 cm³/mol. The molecular formula is C17H13N5O. The van der Waals surface area contributed by atoms with E-state index < -0.39 is 0 Å². The van der Waals surface area contributed by atoms with E-state index in [1.54, 1.807) is 10.9 Å². The second kappa shape index (κ2) is 5.42. The number of hydrogen-bond donors (Lipinski definition) is 1. The van der Waals surface area contributed by atoms with E-state index in [2.05, 4.69) is 15.1 Å². The van der Waals surface area contributed by atoms with Crippen molar-refractivity contribution >= 4 is 16.9 Å². The van der Waals surface area contributed by atoms with Gasteiger partial charge in [-0.05, 0) is 24.3 Å². The zero-order valence-corrected chi connectivity index (χ0v) is 12.1. The van der Waals surface area contributed by atoms with Crippen LogP contribution >= 0.6 is 0 Å². The molecule has 6 heteroatoms. The van der Waals surface area contributed by atoms with Gasteiger partial charge in [0.2, 0.25) is 0 Å². The lowest BCUT2D eigenvalue weighted by atomic mass is 10.3. The lowest BCUT2D eigenvalue weighted by Gasteiger charge is -2.08. The minimum absolute atomic E-state index is 0.415. The molecule has 23 heavy (non-hydrogen) atoms. The third kappa shape index (κ3) is 2.46. The first-order chi connectivity index (χ1) is 11.3. The number of aromatic nitrogens is 4. The molecule has 4 aromatic rings. The van der Waals surface area contributed by atoms with Crippen molar-refractivity contribution < 1.29 is 4.74 Å². The van der Waals surface area contributed by atoms with Crippen LogP contribution in [0.15, 0.2) is 67.1 Å². The van der Waals surface area contributed by atoms with E-state index in [1.807, 2.05) is 54.6 Å². The molecule has 4 rings (SSSR count). The number of anilines is 1. The molecule has 2 N–H and O–H groups in total. The molecule has 2 heterocycles. The first-order valence-electron chi connectivity index (χ1n) is 7.09. The Bertz CT molecular complexity index is 965. The van der Waals surface area contributed by atoms with Crippen molar-refractivity contribution in [2.75, 3.05) is 5.73 Å². The topological polar surface area (TPSA) is 78.9 Å². The van der Waals surface area contributed by atoms with E-state index in [1.165, 1.54) is 6.33 Å². The molecule has 0 spiro atoms. The van der Waals surface area contributed by atoms with Crippen LogP contribution in [-0.2, 0) is 0 Å². The Morgan fingerprint density at radius 1 is 0.913 bits per heavy atom. The van der Waals surface area contributed by atoms with E-state index >= 15 is 0 Å². The third-order valence-corrected chi connectivity index (χ3v) is 3.44. The minimum Gasteiger partial charge on any atom is -0.457 e. The summed E-state index contributed by atoms with van der Waals surface area (Å²) >= 11 is 0. The van der Waals surface area contributed by atoms with Gasteiger partial charge < -0.3 is 10.5 Å². The lowest BCUT2D eigenvalue weighted by molar-refractivity contribution is 0.482. The minimum atomic E-state index is 0.415. The van der Waals surface area contributed by atoms with Crippen LogP contribution in [0.25, 0.3) is 16.7 Å². The van der Waals surface area contributed by atoms with Crippen LogP contribution in [0.2, 0.25) is 0 Å². The fourth-order valence-electron chi connectivity index (χ4n) is 2.35. The SMILES string of the molecule is Nc1ncnc2c1cnn2-c1cccc(Oc2ccccc2)c1. The van der Waals surface area contributed by atoms with Gasteiger partial charge >= 0.3 is 0 Å². The second-order valence-electron chi connectivity index (χ2n) is 4.97. The number of rotatable bonds is 3. The Morgan fingerprint density at radius 2 is 1.74 bits per heavy atom. The van der Waals surface area contributed by atoms with Gasteiger partial charge in [-0.25, -0.2) is 14.6 Å². The normalized spacial score (nSPS) is 10.8. The molecule has 0 aliphatic heterocycles. The Balaban J connectivity index is 1.74. The van der Waals surface area contributed by atoms with Crippen LogP contribution in [0, 0.1) is 0 Å². The molecule has 0 radical (unpaired) electrons. The van der Waals surface area contributed by atoms with Crippen molar-refractivity contribution in [1.29, 1.82) is 0 Å². The average molecular weight is 303 g/mol. The first-order valence-corrected chi connectivity index (χ1v) is 7.09. The molecule has 0 fully saturated rings. The highest BCUT2D eigenvalue weighted by Gasteiger charge is 2.10. The molecule has 0 saturated carbocycles. The van der Waals surface area contributed by atoms with Gasteiger partial charge in [0.1, 0.15) is 23.6 Å². The van der Waals surface area contributed by atoms with Crippen LogP contribution in [0.3, 0.4) is 0 Å². The Morgan fingerprint density at radius 3 is 2.61 bits per heavy atom. The van der Waals surface area contributed by atoms with Crippen molar-refractivity contribution in [3.63, 3.8) is 0 Å². The summed E-state index contributed by atoms with van der Waals surface area (Å²) in [5.41, 5.74) is 7.35. The van der Waals surface area contributed by atoms with Gasteiger partial charge in [-0.15, -0.1) is 0 Å². The second-order valence-corrected chi connectivity index (χ2v) is 4.97. The monoisotopic (exact) mass is 303 g/mol. The lowest BCUT2D eigenvalue weighted by Crippen LogP contribution is -1.99. The van der Waals surface area contributed by atoms with E-state index in [4.69, 9.17) is 10.5 Å². The number of ether oxygens (including phenoxy) is 1. The van der Waals surface area contributed by atoms with E-state index in [9.17, 15) is 0 Å². The van der Waals surface area contributed by atoms with Gasteiger partial charge in [0, 0.05) is 6.07 Å². The molecular weight excluding hydrogens is 290 g/mol. The van der Waals surface area contributed by atoms with Gasteiger partial charge in [-0.2, -0.15) is 5.10 Å². The Kier molecular flexibility index (Phi) is 3.12. The molecule has 0 unspecified atom stereocenters. The van der Waals surface area contributed by atoms with Crippen LogP contribution in [-0.4, -0.2) is 19.7 Å². The molecule has 0 atom stereocenters. The number of hydrogen-bond acceptors (Lipinski definition) is 5. The quantitative estimate of drug-likeness (QED) is 0.629. The maximum absolute atomic E-state index is 5.85. The van der Waals surface area contributed by atoms with Crippen molar-refractivity contribution in [2.45, 2.75) is 0 Å². The molecule has 0 aliphatic rings. The summed E-state index contributed by atoms with van der Waals surface area (Å²) in [6.45, 7) is 0. The zero-order valence-electron chi connectivity index (χ0n) is 12.1. The fraction of sp³-hybridized carbons (Fsp3) is 0. The smallest absolute Gasteiger partial charge is 0.168 e. The van der Waals surface area contributed by atoms with E-state index in [0.717, 1.165) is 22.6 Å². The Labute approximate surface area is 132 Å². The molecule has 0 aliphatic carbocycles. The summed E-state index contributed by atoms with van der Waals surface area (Å²) in [5.74, 6) is 1.92.